The number of ether oxygens (including phenoxy) is 1. The molecule has 0 spiro atoms. The number of fused-ring (bicyclic) bond motifs is 8. The number of methoxy groups -OCH3 is 1. The highest BCUT2D eigenvalue weighted by Gasteiger charge is 2.31. The molecule has 1 amide bonds. The van der Waals surface area contributed by atoms with Crippen molar-refractivity contribution in [1.29, 1.82) is 0 Å². The van der Waals surface area contributed by atoms with Crippen LogP contribution in [-0.2, 0) is 40.0 Å². The van der Waals surface area contributed by atoms with Crippen molar-refractivity contribution in [2.24, 2.45) is 11.8 Å². The number of aryl methyl sites for hydroxylation is 2. The number of pyridine rings is 2. The normalized spacial score (nSPS) is 16.1. The van der Waals surface area contributed by atoms with E-state index < -0.39 is 5.97 Å². The third-order valence-corrected chi connectivity index (χ3v) is 13.8. The molecule has 302 valence electrons. The minimum absolute atomic E-state index is 0.0134. The molecule has 10 rings (SSSR count). The van der Waals surface area contributed by atoms with Crippen molar-refractivity contribution < 1.29 is 19.4 Å². The van der Waals surface area contributed by atoms with E-state index in [2.05, 4.69) is 40.8 Å². The third-order valence-electron chi connectivity index (χ3n) is 10.9. The second kappa shape index (κ2) is 16.3. The molecule has 0 radical (unpaired) electrons. The van der Waals surface area contributed by atoms with Crippen LogP contribution in [0.25, 0.3) is 31.5 Å². The van der Waals surface area contributed by atoms with Gasteiger partial charge in [0.2, 0.25) is 5.91 Å². The lowest BCUT2D eigenvalue weighted by molar-refractivity contribution is -0.142. The summed E-state index contributed by atoms with van der Waals surface area (Å²) >= 11 is 16.1. The molecule has 8 heterocycles. The van der Waals surface area contributed by atoms with Gasteiger partial charge >= 0.3 is 5.97 Å². The molecule has 0 bridgehead atoms. The second-order valence-corrected chi connectivity index (χ2v) is 17.5. The maximum absolute atomic E-state index is 12.9. The van der Waals surface area contributed by atoms with Crippen molar-refractivity contribution in [2.45, 2.75) is 38.5 Å². The molecule has 0 saturated heterocycles. The number of carboxylic acid groups (broad SMARTS) is 1. The van der Waals surface area contributed by atoms with Crippen molar-refractivity contribution in [2.75, 3.05) is 37.9 Å². The van der Waals surface area contributed by atoms with E-state index >= 15 is 0 Å². The standard InChI is InChI=1S/C22H23ClN6O2S.C18H14ClN5O2S/c1-28(7-8-31-2)22(30)13-3-4-15-18(9-13)32-21-19(15)20(24-12-25-21)27-17-10-14-5-6-26-29(14)11-16(17)23;19-12-7-24-10(3-4-22-24)6-13(12)23-16-15-11-2-1-9(18(25)26)5-14(11)27-17(15)21-8-20-16/h5-6,10-13H,3-4,7-9H2,1-2H3,(H,24,25,27);3-4,6-9H,1-2,5H2,(H,25,26)(H,20,21,23)/t13-;9-/m00/s1. The number of anilines is 4. The highest BCUT2D eigenvalue weighted by Crippen LogP contribution is 2.43. The Morgan fingerprint density at radius 1 is 0.831 bits per heavy atom. The number of amides is 1. The number of hydrogen-bond acceptors (Lipinski definition) is 13. The van der Waals surface area contributed by atoms with Gasteiger partial charge in [-0.3, -0.25) is 9.59 Å². The van der Waals surface area contributed by atoms with Gasteiger partial charge in [-0.05, 0) is 73.9 Å². The van der Waals surface area contributed by atoms with E-state index in [-0.39, 0.29) is 17.7 Å². The molecule has 0 aliphatic heterocycles. The number of thiophene rings is 2. The first-order valence-electron chi connectivity index (χ1n) is 18.9. The number of rotatable bonds is 9. The number of aliphatic carboxylic acids is 1. The Morgan fingerprint density at radius 2 is 1.34 bits per heavy atom. The summed E-state index contributed by atoms with van der Waals surface area (Å²) in [4.78, 5) is 47.9. The lowest BCUT2D eigenvalue weighted by atomic mass is 9.87. The summed E-state index contributed by atoms with van der Waals surface area (Å²) in [5.74, 6) is 0.533. The van der Waals surface area contributed by atoms with E-state index in [1.807, 2.05) is 31.3 Å². The fraction of sp³-hybridized carbons (Fsp3) is 0.300. The van der Waals surface area contributed by atoms with Gasteiger partial charge in [0.15, 0.2) is 0 Å². The van der Waals surface area contributed by atoms with Crippen LogP contribution in [0.5, 0.6) is 0 Å². The molecular formula is C40H37Cl2N11O4S2. The zero-order chi connectivity index (χ0) is 40.8. The van der Waals surface area contributed by atoms with Gasteiger partial charge in [-0.25, -0.2) is 29.0 Å². The minimum Gasteiger partial charge on any atom is -0.481 e. The Labute approximate surface area is 355 Å². The lowest BCUT2D eigenvalue weighted by Crippen LogP contribution is -2.37. The van der Waals surface area contributed by atoms with Crippen LogP contribution >= 0.6 is 45.9 Å². The van der Waals surface area contributed by atoms with E-state index in [0.717, 1.165) is 78.4 Å². The highest BCUT2D eigenvalue weighted by molar-refractivity contribution is 7.19. The molecule has 59 heavy (non-hydrogen) atoms. The number of aromatic nitrogens is 8. The van der Waals surface area contributed by atoms with Crippen LogP contribution in [-0.4, -0.2) is 88.4 Å². The van der Waals surface area contributed by atoms with E-state index in [1.54, 1.807) is 74.8 Å². The Morgan fingerprint density at radius 3 is 1.85 bits per heavy atom. The SMILES string of the molecule is COCCN(C)C(=O)[C@H]1CCc2c(sc3ncnc(Nc4cc5ccnn5cc4Cl)c23)C1.O=C(O)[C@H]1CCc2c(sc3ncnc(Nc4cc5ccnn5cc4Cl)c23)C1. The fourth-order valence-electron chi connectivity index (χ4n) is 7.81. The predicted octanol–water partition coefficient (Wildman–Crippen LogP) is 7.87. The first-order valence-corrected chi connectivity index (χ1v) is 21.3. The Balaban J connectivity index is 0.000000154. The van der Waals surface area contributed by atoms with E-state index in [9.17, 15) is 14.7 Å². The van der Waals surface area contributed by atoms with Crippen molar-refractivity contribution in [3.63, 3.8) is 0 Å². The van der Waals surface area contributed by atoms with Crippen LogP contribution in [0.15, 0.2) is 61.7 Å². The summed E-state index contributed by atoms with van der Waals surface area (Å²) < 4.78 is 8.55. The number of carbonyl (C=O) groups excluding carboxylic acids is 1. The topological polar surface area (TPSA) is 177 Å². The molecule has 0 saturated carbocycles. The van der Waals surface area contributed by atoms with Crippen LogP contribution in [0.1, 0.15) is 33.7 Å². The van der Waals surface area contributed by atoms with Gasteiger partial charge in [-0.2, -0.15) is 10.2 Å². The molecule has 3 N–H and O–H groups in total. The average Bonchev–Trinajstić information content (AvgIpc) is 4.04. The maximum Gasteiger partial charge on any atom is 0.306 e. The van der Waals surface area contributed by atoms with E-state index in [4.69, 9.17) is 27.9 Å². The average molecular weight is 871 g/mol. The smallest absolute Gasteiger partial charge is 0.306 e. The van der Waals surface area contributed by atoms with Crippen LogP contribution in [0.3, 0.4) is 0 Å². The van der Waals surface area contributed by atoms with Crippen molar-refractivity contribution in [3.05, 3.63) is 92.6 Å². The van der Waals surface area contributed by atoms with Gasteiger partial charge in [0.05, 0.1) is 55.8 Å². The van der Waals surface area contributed by atoms with Gasteiger partial charge in [-0.1, -0.05) is 23.2 Å². The number of carboxylic acids is 1. The Kier molecular flexibility index (Phi) is 10.8. The van der Waals surface area contributed by atoms with E-state index in [1.165, 1.54) is 16.8 Å². The zero-order valence-electron chi connectivity index (χ0n) is 31.9. The summed E-state index contributed by atoms with van der Waals surface area (Å²) in [6.45, 7) is 1.15. The van der Waals surface area contributed by atoms with Crippen LogP contribution in [0.4, 0.5) is 23.0 Å². The quantitative estimate of drug-likeness (QED) is 0.128. The van der Waals surface area contributed by atoms with Crippen molar-refractivity contribution in [3.8, 4) is 0 Å². The molecule has 0 aromatic carbocycles. The van der Waals surface area contributed by atoms with Gasteiger partial charge in [0, 0.05) is 61.2 Å². The second-order valence-electron chi connectivity index (χ2n) is 14.5. The van der Waals surface area contributed by atoms with Gasteiger partial charge in [0.25, 0.3) is 0 Å². The molecule has 0 fully saturated rings. The lowest BCUT2D eigenvalue weighted by Gasteiger charge is -2.26. The summed E-state index contributed by atoms with van der Waals surface area (Å²) in [6.07, 6.45) is 14.3. The van der Waals surface area contributed by atoms with Gasteiger partial charge < -0.3 is 25.4 Å². The molecule has 15 nitrogen and oxygen atoms in total. The molecule has 19 heteroatoms. The summed E-state index contributed by atoms with van der Waals surface area (Å²) in [5.41, 5.74) is 5.75. The molecular weight excluding hydrogens is 834 g/mol. The molecule has 2 aliphatic carbocycles. The molecule has 0 unspecified atom stereocenters. The van der Waals surface area contributed by atoms with Crippen molar-refractivity contribution in [1.82, 2.24) is 44.1 Å². The first kappa shape index (κ1) is 39.0. The van der Waals surface area contributed by atoms with E-state index in [0.29, 0.717) is 48.3 Å². The van der Waals surface area contributed by atoms with Crippen LogP contribution < -0.4 is 10.6 Å². The highest BCUT2D eigenvalue weighted by atomic mass is 35.5. The fourth-order valence-corrected chi connectivity index (χ4v) is 10.7. The summed E-state index contributed by atoms with van der Waals surface area (Å²) in [5, 5.41) is 27.5. The van der Waals surface area contributed by atoms with Crippen LogP contribution in [0.2, 0.25) is 10.0 Å². The monoisotopic (exact) mass is 869 g/mol. The number of likely N-dealkylation sites (N-methyl/N-ethyl adjacent to an activating group) is 1. The maximum atomic E-state index is 12.9. The third kappa shape index (κ3) is 7.64. The zero-order valence-corrected chi connectivity index (χ0v) is 35.0. The Bertz CT molecular complexity index is 2890. The predicted molar refractivity (Wildman–Crippen MR) is 230 cm³/mol. The number of nitrogens with zero attached hydrogens (tertiary/aromatic N) is 9. The molecule has 2 aliphatic rings. The van der Waals surface area contributed by atoms with Crippen molar-refractivity contribution >= 4 is 112 Å². The first-order chi connectivity index (χ1) is 28.6. The van der Waals surface area contributed by atoms with Gasteiger partial charge in [0.1, 0.15) is 34.0 Å². The van der Waals surface area contributed by atoms with Crippen LogP contribution in [0, 0.1) is 11.8 Å². The number of hydrogen-bond donors (Lipinski definition) is 3. The minimum atomic E-state index is -0.733. The summed E-state index contributed by atoms with van der Waals surface area (Å²) in [6, 6.07) is 7.69. The molecule has 2 atom stereocenters. The number of carbonyl (C=O) groups is 2. The molecule has 8 aromatic rings. The summed E-state index contributed by atoms with van der Waals surface area (Å²) in [7, 11) is 3.49. The largest absolute Gasteiger partial charge is 0.481 e. The number of halogens is 2. The van der Waals surface area contributed by atoms with Gasteiger partial charge in [-0.15, -0.1) is 22.7 Å². The molecule has 8 aromatic heterocycles. The Hall–Kier alpha value is -5.46. The number of nitrogens with one attached hydrogen (secondary N) is 2.